The number of benzene rings is 1. The average molecular weight is 333 g/mol. The second kappa shape index (κ2) is 7.49. The first-order chi connectivity index (χ1) is 10.4. The maximum absolute atomic E-state index is 13.0. The van der Waals surface area contributed by atoms with Gasteiger partial charge in [0.1, 0.15) is 0 Å². The van der Waals surface area contributed by atoms with Gasteiger partial charge < -0.3 is 5.32 Å². The Balaban J connectivity index is 2.34. The summed E-state index contributed by atoms with van der Waals surface area (Å²) in [5, 5.41) is 3.64. The monoisotopic (exact) mass is 332 g/mol. The van der Waals surface area contributed by atoms with Crippen LogP contribution in [-0.4, -0.2) is 31.1 Å². The first-order valence-corrected chi connectivity index (χ1v) is 7.73. The Morgan fingerprint density at radius 3 is 2.59 bits per heavy atom. The normalized spacial score (nSPS) is 18.2. The van der Waals surface area contributed by atoms with Crippen molar-refractivity contribution in [1.29, 1.82) is 0 Å². The second-order valence-electron chi connectivity index (χ2n) is 5.40. The summed E-state index contributed by atoms with van der Waals surface area (Å²) < 4.78 is 38.9. The minimum absolute atomic E-state index is 0.116. The fourth-order valence-electron chi connectivity index (χ4n) is 2.78. The van der Waals surface area contributed by atoms with Gasteiger partial charge in [0.25, 0.3) is 0 Å². The van der Waals surface area contributed by atoms with E-state index in [1.54, 1.807) is 6.08 Å². The zero-order chi connectivity index (χ0) is 16.2. The summed E-state index contributed by atoms with van der Waals surface area (Å²) in [5.74, 6) is 0. The minimum atomic E-state index is -4.36. The molecule has 0 saturated carbocycles. The minimum Gasteiger partial charge on any atom is -0.314 e. The lowest BCUT2D eigenvalue weighted by Crippen LogP contribution is -2.45. The highest BCUT2D eigenvalue weighted by molar-refractivity contribution is 6.31. The first-order valence-electron chi connectivity index (χ1n) is 7.36. The van der Waals surface area contributed by atoms with Crippen LogP contribution in [0, 0.1) is 0 Å². The number of allylic oxidation sites excluding steroid dienone is 1. The maximum Gasteiger partial charge on any atom is 0.416 e. The fourth-order valence-corrected chi connectivity index (χ4v) is 3.02. The van der Waals surface area contributed by atoms with Crippen LogP contribution >= 0.6 is 11.6 Å². The number of nitrogens with zero attached hydrogens (tertiary/aromatic N) is 1. The summed E-state index contributed by atoms with van der Waals surface area (Å²) >= 11 is 6.20. The quantitative estimate of drug-likeness (QED) is 0.810. The highest BCUT2D eigenvalue weighted by atomic mass is 35.5. The van der Waals surface area contributed by atoms with Crippen molar-refractivity contribution in [3.8, 4) is 0 Å². The van der Waals surface area contributed by atoms with Gasteiger partial charge >= 0.3 is 6.18 Å². The highest BCUT2D eigenvalue weighted by Gasteiger charge is 2.32. The predicted octanol–water partition coefficient (Wildman–Crippen LogP) is 4.27. The number of rotatable bonds is 5. The Hall–Kier alpha value is -1.04. The van der Waals surface area contributed by atoms with Gasteiger partial charge in [0, 0.05) is 37.2 Å². The molecule has 0 unspecified atom stereocenters. The van der Waals surface area contributed by atoms with Crippen LogP contribution in [0.2, 0.25) is 5.02 Å². The third kappa shape index (κ3) is 4.24. The number of hydrogen-bond acceptors (Lipinski definition) is 2. The zero-order valence-corrected chi connectivity index (χ0v) is 13.1. The Morgan fingerprint density at radius 2 is 2.00 bits per heavy atom. The largest absolute Gasteiger partial charge is 0.416 e. The molecule has 1 atom stereocenters. The van der Waals surface area contributed by atoms with Gasteiger partial charge in [-0.3, -0.25) is 4.90 Å². The Bertz CT molecular complexity index is 511. The van der Waals surface area contributed by atoms with Crippen molar-refractivity contribution in [1.82, 2.24) is 10.2 Å². The number of alkyl halides is 3. The maximum atomic E-state index is 13.0. The second-order valence-corrected chi connectivity index (χ2v) is 5.81. The molecule has 1 aliphatic rings. The molecular weight excluding hydrogens is 313 g/mol. The smallest absolute Gasteiger partial charge is 0.314 e. The van der Waals surface area contributed by atoms with Crippen molar-refractivity contribution in [2.75, 3.05) is 26.2 Å². The Kier molecular flexibility index (Phi) is 5.89. The molecule has 0 radical (unpaired) electrons. The molecule has 0 bridgehead atoms. The van der Waals surface area contributed by atoms with Crippen molar-refractivity contribution < 1.29 is 13.2 Å². The molecule has 0 aromatic heterocycles. The molecule has 122 valence electrons. The van der Waals surface area contributed by atoms with Crippen LogP contribution in [0.3, 0.4) is 0 Å². The molecule has 0 aliphatic carbocycles. The van der Waals surface area contributed by atoms with E-state index in [4.69, 9.17) is 11.6 Å². The third-order valence-electron chi connectivity index (χ3n) is 3.92. The van der Waals surface area contributed by atoms with Crippen LogP contribution in [0.5, 0.6) is 0 Å². The van der Waals surface area contributed by atoms with Gasteiger partial charge in [-0.1, -0.05) is 17.7 Å². The van der Waals surface area contributed by atoms with E-state index in [1.165, 1.54) is 12.1 Å². The van der Waals surface area contributed by atoms with Gasteiger partial charge in [-0.15, -0.1) is 6.58 Å². The van der Waals surface area contributed by atoms with Crippen LogP contribution in [0.4, 0.5) is 13.2 Å². The molecule has 0 spiro atoms. The van der Waals surface area contributed by atoms with E-state index in [0.717, 1.165) is 38.7 Å². The first kappa shape index (κ1) is 17.3. The van der Waals surface area contributed by atoms with Gasteiger partial charge in [-0.05, 0) is 36.6 Å². The zero-order valence-electron chi connectivity index (χ0n) is 12.3. The van der Waals surface area contributed by atoms with Gasteiger partial charge in [0.15, 0.2) is 0 Å². The van der Waals surface area contributed by atoms with Crippen molar-refractivity contribution in [2.45, 2.75) is 25.1 Å². The molecule has 2 nitrogen and oxygen atoms in total. The molecule has 22 heavy (non-hydrogen) atoms. The van der Waals surface area contributed by atoms with E-state index in [9.17, 15) is 13.2 Å². The molecule has 1 aromatic carbocycles. The summed E-state index contributed by atoms with van der Waals surface area (Å²) in [6.45, 7) is 6.98. The van der Waals surface area contributed by atoms with Gasteiger partial charge in [0.05, 0.1) is 5.56 Å². The van der Waals surface area contributed by atoms with Gasteiger partial charge in [0.2, 0.25) is 0 Å². The topological polar surface area (TPSA) is 15.3 Å². The van der Waals surface area contributed by atoms with E-state index < -0.39 is 11.7 Å². The van der Waals surface area contributed by atoms with Gasteiger partial charge in [-0.2, -0.15) is 13.2 Å². The van der Waals surface area contributed by atoms with E-state index in [2.05, 4.69) is 16.8 Å². The molecule has 1 N–H and O–H groups in total. The fraction of sp³-hybridized carbons (Fsp3) is 0.500. The number of piperazine rings is 1. The van der Waals surface area contributed by atoms with Gasteiger partial charge in [-0.25, -0.2) is 0 Å². The molecule has 0 amide bonds. The van der Waals surface area contributed by atoms with Crippen molar-refractivity contribution >= 4 is 11.6 Å². The molecular formula is C16H20ClF3N2. The van der Waals surface area contributed by atoms with Crippen LogP contribution < -0.4 is 5.32 Å². The predicted molar refractivity (Wildman–Crippen MR) is 83.1 cm³/mol. The van der Waals surface area contributed by atoms with E-state index in [0.29, 0.717) is 17.0 Å². The van der Waals surface area contributed by atoms with E-state index in [1.807, 2.05) is 0 Å². The SMILES string of the molecule is C=CCC[C@@H](c1cc(C(F)(F)F)ccc1Cl)N1CCNCC1. The molecule has 1 aliphatic heterocycles. The molecule has 1 saturated heterocycles. The Labute approximate surface area is 133 Å². The van der Waals surface area contributed by atoms with Crippen LogP contribution in [0.15, 0.2) is 30.9 Å². The molecule has 1 heterocycles. The highest BCUT2D eigenvalue weighted by Crippen LogP contribution is 2.37. The van der Waals surface area contributed by atoms with E-state index >= 15 is 0 Å². The number of hydrogen-bond donors (Lipinski definition) is 1. The molecule has 2 rings (SSSR count). The van der Waals surface area contributed by atoms with Crippen LogP contribution in [-0.2, 0) is 6.18 Å². The third-order valence-corrected chi connectivity index (χ3v) is 4.26. The summed E-state index contributed by atoms with van der Waals surface area (Å²) in [4.78, 5) is 2.20. The lowest BCUT2D eigenvalue weighted by Gasteiger charge is -2.35. The summed E-state index contributed by atoms with van der Waals surface area (Å²) in [6.07, 6.45) is -1.12. The standard InChI is InChI=1S/C16H20ClF3N2/c1-2-3-4-15(22-9-7-21-8-10-22)13-11-12(16(18,19)20)5-6-14(13)17/h2,5-6,11,15,21H,1,3-4,7-10H2/t15-/m0/s1. The van der Waals surface area contributed by atoms with Crippen molar-refractivity contribution in [2.24, 2.45) is 0 Å². The number of nitrogens with one attached hydrogen (secondary N) is 1. The summed E-state index contributed by atoms with van der Waals surface area (Å²) in [6, 6.07) is 3.46. The average Bonchev–Trinajstić information content (AvgIpc) is 2.49. The molecule has 1 fully saturated rings. The lowest BCUT2D eigenvalue weighted by atomic mass is 9.97. The lowest BCUT2D eigenvalue weighted by molar-refractivity contribution is -0.137. The van der Waals surface area contributed by atoms with E-state index in [-0.39, 0.29) is 6.04 Å². The molecule has 6 heteroatoms. The Morgan fingerprint density at radius 1 is 1.32 bits per heavy atom. The number of halogens is 4. The summed E-state index contributed by atoms with van der Waals surface area (Å²) in [7, 11) is 0. The summed E-state index contributed by atoms with van der Waals surface area (Å²) in [5.41, 5.74) is -0.0918. The van der Waals surface area contributed by atoms with Crippen molar-refractivity contribution in [3.63, 3.8) is 0 Å². The molecule has 1 aromatic rings. The van der Waals surface area contributed by atoms with Crippen LogP contribution in [0.1, 0.15) is 30.0 Å². The van der Waals surface area contributed by atoms with Crippen LogP contribution in [0.25, 0.3) is 0 Å². The van der Waals surface area contributed by atoms with Crippen molar-refractivity contribution in [3.05, 3.63) is 47.0 Å².